The zero-order valence-electron chi connectivity index (χ0n) is 9.45. The van der Waals surface area contributed by atoms with Crippen molar-refractivity contribution in [3.63, 3.8) is 0 Å². The first-order valence-electron chi connectivity index (χ1n) is 4.78. The maximum Gasteiger partial charge on any atom is 0.161 e. The van der Waals surface area contributed by atoms with Crippen molar-refractivity contribution in [1.82, 2.24) is 4.98 Å². The van der Waals surface area contributed by atoms with Gasteiger partial charge in [-0.3, -0.25) is 4.79 Å². The summed E-state index contributed by atoms with van der Waals surface area (Å²) in [5.41, 5.74) is -0.768. The molecule has 0 aliphatic rings. The van der Waals surface area contributed by atoms with Crippen LogP contribution < -0.4 is 4.74 Å². The minimum Gasteiger partial charge on any atom is -0.496 e. The normalized spacial score (nSPS) is 14.3. The Bertz CT molecular complexity index is 404. The molecule has 0 saturated carbocycles. The van der Waals surface area contributed by atoms with Gasteiger partial charge in [-0.25, -0.2) is 4.98 Å². The fraction of sp³-hybridized carbons (Fsp3) is 0.455. The number of aromatic nitrogens is 1. The molecule has 0 aliphatic carbocycles. The van der Waals surface area contributed by atoms with Crippen LogP contribution >= 0.6 is 11.6 Å². The number of Topliss-reactive ketones (excluding diaryl/α,β-unsaturated/α-hetero) is 1. The van der Waals surface area contributed by atoms with Crippen LogP contribution in [0, 0.1) is 0 Å². The van der Waals surface area contributed by atoms with Crippen molar-refractivity contribution in [3.8, 4) is 5.75 Å². The molecule has 1 N–H and O–H groups in total. The Labute approximate surface area is 99.2 Å². The van der Waals surface area contributed by atoms with Gasteiger partial charge in [0.2, 0.25) is 0 Å². The summed E-state index contributed by atoms with van der Waals surface area (Å²) in [4.78, 5) is 15.1. The van der Waals surface area contributed by atoms with E-state index in [9.17, 15) is 9.90 Å². The minimum atomic E-state index is -1.41. The first-order valence-corrected chi connectivity index (χ1v) is 5.16. The highest BCUT2D eigenvalue weighted by Gasteiger charge is 2.28. The molecule has 1 heterocycles. The Morgan fingerprint density at radius 3 is 2.81 bits per heavy atom. The summed E-state index contributed by atoms with van der Waals surface area (Å²) in [6.45, 7) is 2.80. The highest BCUT2D eigenvalue weighted by Crippen LogP contribution is 2.25. The topological polar surface area (TPSA) is 59.4 Å². The summed E-state index contributed by atoms with van der Waals surface area (Å²) < 4.78 is 5.10. The maximum atomic E-state index is 11.2. The third-order valence-electron chi connectivity index (χ3n) is 2.42. The van der Waals surface area contributed by atoms with E-state index in [1.54, 1.807) is 6.07 Å². The SMILES string of the molecule is COc1cc(Cl)ncc1CC(C)(O)C(C)=O. The Hall–Kier alpha value is -1.13. The van der Waals surface area contributed by atoms with Gasteiger partial charge in [0, 0.05) is 24.2 Å². The summed E-state index contributed by atoms with van der Waals surface area (Å²) in [5, 5.41) is 10.2. The molecule has 88 valence electrons. The lowest BCUT2D eigenvalue weighted by atomic mass is 9.93. The first kappa shape index (κ1) is 12.9. The molecular formula is C11H14ClNO3. The summed E-state index contributed by atoms with van der Waals surface area (Å²) >= 11 is 5.71. The second-order valence-electron chi connectivity index (χ2n) is 3.83. The Balaban J connectivity index is 3.01. The molecule has 5 heteroatoms. The van der Waals surface area contributed by atoms with Gasteiger partial charge >= 0.3 is 0 Å². The number of halogens is 1. The number of nitrogens with zero attached hydrogens (tertiary/aromatic N) is 1. The predicted octanol–water partition coefficient (Wildman–Crippen LogP) is 1.63. The van der Waals surface area contributed by atoms with Crippen molar-refractivity contribution < 1.29 is 14.6 Å². The van der Waals surface area contributed by atoms with E-state index in [2.05, 4.69) is 4.98 Å². The number of carbonyl (C=O) groups is 1. The van der Waals surface area contributed by atoms with Crippen LogP contribution in [0.25, 0.3) is 0 Å². The van der Waals surface area contributed by atoms with Gasteiger partial charge in [0.25, 0.3) is 0 Å². The highest BCUT2D eigenvalue weighted by molar-refractivity contribution is 6.29. The molecule has 0 spiro atoms. The molecule has 0 amide bonds. The molecule has 0 bridgehead atoms. The van der Waals surface area contributed by atoms with Gasteiger partial charge in [-0.15, -0.1) is 0 Å². The standard InChI is InChI=1S/C11H14ClNO3/c1-7(14)11(2,15)5-8-6-13-10(12)4-9(8)16-3/h4,6,15H,5H2,1-3H3. The van der Waals surface area contributed by atoms with E-state index in [0.717, 1.165) is 0 Å². The first-order chi connectivity index (χ1) is 7.36. The summed E-state index contributed by atoms with van der Waals surface area (Å²) in [5.74, 6) is 0.214. The van der Waals surface area contributed by atoms with E-state index in [0.29, 0.717) is 16.5 Å². The van der Waals surface area contributed by atoms with Crippen LogP contribution in [0.1, 0.15) is 19.4 Å². The van der Waals surface area contributed by atoms with Crippen LogP contribution in [-0.2, 0) is 11.2 Å². The summed E-state index contributed by atoms with van der Waals surface area (Å²) in [7, 11) is 1.50. The number of pyridine rings is 1. The van der Waals surface area contributed by atoms with Crippen molar-refractivity contribution in [2.75, 3.05) is 7.11 Å². The molecule has 0 fully saturated rings. The maximum absolute atomic E-state index is 11.2. The lowest BCUT2D eigenvalue weighted by Gasteiger charge is -2.20. The number of aliphatic hydroxyl groups is 1. The second kappa shape index (κ2) is 4.80. The summed E-state index contributed by atoms with van der Waals surface area (Å²) in [6.07, 6.45) is 1.65. The Morgan fingerprint density at radius 2 is 2.31 bits per heavy atom. The monoisotopic (exact) mass is 243 g/mol. The second-order valence-corrected chi connectivity index (χ2v) is 4.21. The number of ketones is 1. The van der Waals surface area contributed by atoms with E-state index < -0.39 is 5.60 Å². The molecular weight excluding hydrogens is 230 g/mol. The lowest BCUT2D eigenvalue weighted by Crippen LogP contribution is -2.35. The third-order valence-corrected chi connectivity index (χ3v) is 2.63. The Morgan fingerprint density at radius 1 is 1.69 bits per heavy atom. The van der Waals surface area contributed by atoms with Gasteiger partial charge < -0.3 is 9.84 Å². The summed E-state index contributed by atoms with van der Waals surface area (Å²) in [6, 6.07) is 1.55. The van der Waals surface area contributed by atoms with Crippen LogP contribution in [0.3, 0.4) is 0 Å². The van der Waals surface area contributed by atoms with E-state index in [1.807, 2.05) is 0 Å². The minimum absolute atomic E-state index is 0.148. The van der Waals surface area contributed by atoms with Crippen LogP contribution in [0.5, 0.6) is 5.75 Å². The fourth-order valence-corrected chi connectivity index (χ4v) is 1.41. The molecule has 16 heavy (non-hydrogen) atoms. The smallest absolute Gasteiger partial charge is 0.161 e. The van der Waals surface area contributed by atoms with Crippen LogP contribution in [-0.4, -0.2) is 28.6 Å². The van der Waals surface area contributed by atoms with Crippen molar-refractivity contribution in [3.05, 3.63) is 23.0 Å². The molecule has 0 aromatic carbocycles. The average molecular weight is 244 g/mol. The van der Waals surface area contributed by atoms with E-state index in [4.69, 9.17) is 16.3 Å². The van der Waals surface area contributed by atoms with Crippen molar-refractivity contribution in [2.45, 2.75) is 25.9 Å². The number of rotatable bonds is 4. The van der Waals surface area contributed by atoms with Gasteiger partial charge in [-0.05, 0) is 13.8 Å². The quantitative estimate of drug-likeness (QED) is 0.817. The van der Waals surface area contributed by atoms with E-state index in [1.165, 1.54) is 27.2 Å². The third kappa shape index (κ3) is 2.93. The van der Waals surface area contributed by atoms with Gasteiger partial charge in [-0.1, -0.05) is 11.6 Å². The zero-order valence-corrected chi connectivity index (χ0v) is 10.2. The van der Waals surface area contributed by atoms with Gasteiger partial charge in [-0.2, -0.15) is 0 Å². The van der Waals surface area contributed by atoms with E-state index >= 15 is 0 Å². The van der Waals surface area contributed by atoms with Crippen molar-refractivity contribution in [2.24, 2.45) is 0 Å². The molecule has 0 saturated heterocycles. The Kier molecular flexibility index (Phi) is 3.88. The number of hydrogen-bond donors (Lipinski definition) is 1. The van der Waals surface area contributed by atoms with Crippen molar-refractivity contribution >= 4 is 17.4 Å². The fourth-order valence-electron chi connectivity index (χ4n) is 1.26. The van der Waals surface area contributed by atoms with Crippen LogP contribution in [0.2, 0.25) is 5.15 Å². The predicted molar refractivity (Wildman–Crippen MR) is 60.8 cm³/mol. The van der Waals surface area contributed by atoms with Gasteiger partial charge in [0.1, 0.15) is 16.5 Å². The van der Waals surface area contributed by atoms with Gasteiger partial charge in [0.15, 0.2) is 5.78 Å². The number of methoxy groups -OCH3 is 1. The van der Waals surface area contributed by atoms with Gasteiger partial charge in [0.05, 0.1) is 7.11 Å². The molecule has 0 radical (unpaired) electrons. The molecule has 1 rings (SSSR count). The molecule has 1 atom stereocenters. The number of ether oxygens (including phenoxy) is 1. The number of hydrogen-bond acceptors (Lipinski definition) is 4. The van der Waals surface area contributed by atoms with Crippen LogP contribution in [0.4, 0.5) is 0 Å². The van der Waals surface area contributed by atoms with E-state index in [-0.39, 0.29) is 12.2 Å². The largest absolute Gasteiger partial charge is 0.496 e. The molecule has 1 unspecified atom stereocenters. The molecule has 0 aliphatic heterocycles. The highest BCUT2D eigenvalue weighted by atomic mass is 35.5. The average Bonchev–Trinajstić information content (AvgIpc) is 2.20. The molecule has 4 nitrogen and oxygen atoms in total. The van der Waals surface area contributed by atoms with Crippen molar-refractivity contribution in [1.29, 1.82) is 0 Å². The lowest BCUT2D eigenvalue weighted by molar-refractivity contribution is -0.133. The molecule has 1 aromatic heterocycles. The van der Waals surface area contributed by atoms with Crippen LogP contribution in [0.15, 0.2) is 12.3 Å². The number of carbonyl (C=O) groups excluding carboxylic acids is 1. The molecule has 1 aromatic rings. The zero-order chi connectivity index (χ0) is 12.3.